The highest BCUT2D eigenvalue weighted by Gasteiger charge is 2.50. The molecular formula is C49H59N9O6S. The number of anilines is 2. The maximum atomic E-state index is 14.0. The normalized spacial score (nSPS) is 23.0. The molecule has 2 aromatic carbocycles. The van der Waals surface area contributed by atoms with Crippen LogP contribution in [0, 0.1) is 27.4 Å². The van der Waals surface area contributed by atoms with Gasteiger partial charge in [0.15, 0.2) is 0 Å². The van der Waals surface area contributed by atoms with Crippen molar-refractivity contribution in [3.05, 3.63) is 106 Å². The summed E-state index contributed by atoms with van der Waals surface area (Å²) in [6.45, 7) is 7.65. The van der Waals surface area contributed by atoms with Crippen LogP contribution in [0.3, 0.4) is 0 Å². The topological polar surface area (TPSA) is 179 Å². The summed E-state index contributed by atoms with van der Waals surface area (Å²) >= 11 is 0. The average molecular weight is 902 g/mol. The largest absolute Gasteiger partial charge is 0.455 e. The molecule has 3 saturated carbocycles. The minimum absolute atomic E-state index is 0.00657. The van der Waals surface area contributed by atoms with Crippen LogP contribution >= 0.6 is 0 Å². The van der Waals surface area contributed by atoms with E-state index in [2.05, 4.69) is 77.9 Å². The van der Waals surface area contributed by atoms with Gasteiger partial charge in [-0.3, -0.25) is 19.8 Å². The molecule has 342 valence electrons. The van der Waals surface area contributed by atoms with Crippen molar-refractivity contribution in [2.24, 2.45) is 17.3 Å². The van der Waals surface area contributed by atoms with E-state index >= 15 is 0 Å². The fraction of sp³-hybridized carbons (Fsp3) is 0.490. The summed E-state index contributed by atoms with van der Waals surface area (Å²) in [4.78, 5) is 44.2. The summed E-state index contributed by atoms with van der Waals surface area (Å²) in [5, 5.41) is 16.0. The summed E-state index contributed by atoms with van der Waals surface area (Å²) in [6, 6.07) is 19.9. The molecule has 0 radical (unpaired) electrons. The number of H-pyrrole nitrogens is 1. The summed E-state index contributed by atoms with van der Waals surface area (Å²) in [5.41, 5.74) is 4.41. The Morgan fingerprint density at radius 3 is 2.46 bits per heavy atom. The molecule has 3 aliphatic carbocycles. The van der Waals surface area contributed by atoms with Gasteiger partial charge in [0.2, 0.25) is 5.82 Å². The van der Waals surface area contributed by atoms with Crippen molar-refractivity contribution in [2.75, 3.05) is 56.5 Å². The number of aromatic nitrogens is 3. The van der Waals surface area contributed by atoms with Crippen LogP contribution in [0.2, 0.25) is 0 Å². The zero-order chi connectivity index (χ0) is 44.9. The lowest BCUT2D eigenvalue weighted by Gasteiger charge is -2.58. The summed E-state index contributed by atoms with van der Waals surface area (Å²) in [5.74, 6) is 1.30. The van der Waals surface area contributed by atoms with Gasteiger partial charge in [-0.2, -0.15) is 0 Å². The van der Waals surface area contributed by atoms with Crippen LogP contribution in [-0.4, -0.2) is 96.4 Å². The second kappa shape index (κ2) is 17.7. The molecule has 3 aromatic heterocycles. The number of nitrogens with zero attached hydrogens (tertiary/aromatic N) is 6. The summed E-state index contributed by atoms with van der Waals surface area (Å²) in [7, 11) is -2.34. The molecule has 65 heavy (non-hydrogen) atoms. The van der Waals surface area contributed by atoms with E-state index in [0.717, 1.165) is 94.6 Å². The molecule has 5 aliphatic rings. The Morgan fingerprint density at radius 1 is 0.938 bits per heavy atom. The highest BCUT2D eigenvalue weighted by Crippen LogP contribution is 2.54. The molecule has 1 atom stereocenters. The molecular weight excluding hydrogens is 843 g/mol. The molecule has 5 heterocycles. The van der Waals surface area contributed by atoms with E-state index in [1.165, 1.54) is 31.2 Å². The number of fused-ring (bicyclic) bond motifs is 1. The molecule has 5 aromatic rings. The van der Waals surface area contributed by atoms with Gasteiger partial charge in [-0.05, 0) is 117 Å². The van der Waals surface area contributed by atoms with Crippen LogP contribution in [0.5, 0.6) is 11.5 Å². The van der Waals surface area contributed by atoms with Gasteiger partial charge < -0.3 is 24.8 Å². The van der Waals surface area contributed by atoms with E-state index in [0.29, 0.717) is 53.2 Å². The maximum absolute atomic E-state index is 14.0. The van der Waals surface area contributed by atoms with Gasteiger partial charge in [0.25, 0.3) is 15.9 Å². The number of benzene rings is 2. The second-order valence-electron chi connectivity index (χ2n) is 19.6. The van der Waals surface area contributed by atoms with E-state index in [9.17, 15) is 23.3 Å². The number of carbonyl (C=O) groups is 1. The van der Waals surface area contributed by atoms with Gasteiger partial charge in [0.1, 0.15) is 22.0 Å². The third kappa shape index (κ3) is 9.17. The number of aromatic amines is 1. The summed E-state index contributed by atoms with van der Waals surface area (Å²) < 4.78 is 35.9. The van der Waals surface area contributed by atoms with E-state index in [-0.39, 0.29) is 17.1 Å². The number of ether oxygens (including phenoxy) is 1. The lowest BCUT2D eigenvalue weighted by molar-refractivity contribution is -0.384. The highest BCUT2D eigenvalue weighted by molar-refractivity contribution is 7.90. The average Bonchev–Trinajstić information content (AvgIpc) is 4.04. The van der Waals surface area contributed by atoms with Gasteiger partial charge in [-0.1, -0.05) is 44.0 Å². The monoisotopic (exact) mass is 901 g/mol. The van der Waals surface area contributed by atoms with Crippen molar-refractivity contribution in [2.45, 2.75) is 94.0 Å². The van der Waals surface area contributed by atoms with Gasteiger partial charge in [0, 0.05) is 80.8 Å². The van der Waals surface area contributed by atoms with Crippen LogP contribution in [0.4, 0.5) is 17.2 Å². The molecule has 2 saturated heterocycles. The smallest absolute Gasteiger partial charge is 0.312 e. The minimum atomic E-state index is -4.59. The Labute approximate surface area is 380 Å². The van der Waals surface area contributed by atoms with E-state index in [1.807, 2.05) is 12.1 Å². The van der Waals surface area contributed by atoms with Gasteiger partial charge in [0.05, 0.1) is 22.9 Å². The first-order chi connectivity index (χ1) is 31.4. The zero-order valence-electron chi connectivity index (χ0n) is 37.2. The third-order valence-electron chi connectivity index (χ3n) is 15.1. The Morgan fingerprint density at radius 2 is 1.71 bits per heavy atom. The first kappa shape index (κ1) is 43.3. The Kier molecular flexibility index (Phi) is 11.8. The van der Waals surface area contributed by atoms with E-state index < -0.39 is 31.4 Å². The molecule has 5 fully saturated rings. The summed E-state index contributed by atoms with van der Waals surface area (Å²) in [6.07, 6.45) is 15.7. The van der Waals surface area contributed by atoms with Crippen molar-refractivity contribution in [3.63, 3.8) is 0 Å². The number of carbonyl (C=O) groups excluding carboxylic acids is 1. The fourth-order valence-electron chi connectivity index (χ4n) is 11.0. The standard InChI is InChI=1S/C49H59N9O6S/c1-32-7-9-33(10-8-32)28-51-47-43(58(60)61)25-39(30-53-47)65(62,63)54-48(59)42-14-13-36(24-45(42)64-38-23-35-15-18-50-46(35)52-29-38)56-19-16-49(17-20-56)26-37(27-49)57-22-21-55(2)31-44(57)41-6-4-3-5-40(41)34-11-12-34/h3-6,13-15,18,23-25,29-30,32-34,37,44H,7-12,16-17,19-22,26-28,31H2,1-2H3,(H,50,52)(H,51,53)(H,54,59)/t32?,33?,44-/m0/s1. The van der Waals surface area contributed by atoms with Crippen LogP contribution in [-0.2, 0) is 10.0 Å². The van der Waals surface area contributed by atoms with Gasteiger partial charge >= 0.3 is 5.69 Å². The van der Waals surface area contributed by atoms with Crippen molar-refractivity contribution in [1.29, 1.82) is 0 Å². The van der Waals surface area contributed by atoms with Crippen molar-refractivity contribution >= 4 is 44.2 Å². The van der Waals surface area contributed by atoms with Crippen molar-refractivity contribution in [3.8, 4) is 11.5 Å². The van der Waals surface area contributed by atoms with Crippen LogP contribution in [0.15, 0.2) is 84.1 Å². The van der Waals surface area contributed by atoms with Gasteiger partial charge in [-0.15, -0.1) is 0 Å². The molecule has 1 spiro atoms. The molecule has 3 N–H and O–H groups in total. The number of pyridine rings is 2. The molecule has 16 heteroatoms. The number of nitrogens with one attached hydrogen (secondary N) is 3. The highest BCUT2D eigenvalue weighted by atomic mass is 32.2. The maximum Gasteiger partial charge on any atom is 0.312 e. The minimum Gasteiger partial charge on any atom is -0.455 e. The molecule has 0 bridgehead atoms. The lowest BCUT2D eigenvalue weighted by Crippen LogP contribution is -2.59. The number of nitro groups is 1. The molecule has 10 rings (SSSR count). The van der Waals surface area contributed by atoms with Crippen LogP contribution in [0.25, 0.3) is 11.0 Å². The number of hydrogen-bond donors (Lipinski definition) is 3. The number of rotatable bonds is 13. The second-order valence-corrected chi connectivity index (χ2v) is 21.3. The lowest BCUT2D eigenvalue weighted by atomic mass is 9.59. The van der Waals surface area contributed by atoms with Crippen LogP contribution in [0.1, 0.15) is 105 Å². The Bertz CT molecular complexity index is 2680. The molecule has 1 amide bonds. The number of sulfonamides is 1. The van der Waals surface area contributed by atoms with Crippen LogP contribution < -0.4 is 19.7 Å². The Hall–Kier alpha value is -5.58. The van der Waals surface area contributed by atoms with E-state index in [1.54, 1.807) is 36.2 Å². The first-order valence-corrected chi connectivity index (χ1v) is 24.9. The number of piperazine rings is 1. The third-order valence-corrected chi connectivity index (χ3v) is 16.4. The number of amides is 1. The number of hydrogen-bond acceptors (Lipinski definition) is 12. The van der Waals surface area contributed by atoms with Crippen molar-refractivity contribution < 1.29 is 22.9 Å². The quantitative estimate of drug-likeness (QED) is 0.0758. The zero-order valence-corrected chi connectivity index (χ0v) is 38.1. The molecule has 15 nitrogen and oxygen atoms in total. The first-order valence-electron chi connectivity index (χ1n) is 23.4. The Balaban J connectivity index is 0.840. The van der Waals surface area contributed by atoms with Crippen molar-refractivity contribution in [1.82, 2.24) is 29.5 Å². The molecule has 2 aliphatic heterocycles. The number of likely N-dealkylation sites (N-methyl/N-ethyl adjacent to an activating group) is 1. The SMILES string of the molecule is CC1CCC(CNc2ncc(S(=O)(=O)NC(=O)c3ccc(N4CCC5(CC4)CC(N4CCN(C)C[C@H]4c4ccccc4C4CC4)C5)cc3Oc3cnc4[nH]ccc4c3)cc2[N+](=O)[O-])CC1. The van der Waals surface area contributed by atoms with E-state index in [4.69, 9.17) is 4.74 Å². The van der Waals surface area contributed by atoms with Gasteiger partial charge in [-0.25, -0.2) is 23.1 Å². The molecule has 0 unspecified atom stereocenters. The number of piperidine rings is 1. The predicted molar refractivity (Wildman–Crippen MR) is 250 cm³/mol. The predicted octanol–water partition coefficient (Wildman–Crippen LogP) is 8.63. The fourth-order valence-corrected chi connectivity index (χ4v) is 11.9.